The highest BCUT2D eigenvalue weighted by Gasteiger charge is 2.36. The van der Waals surface area contributed by atoms with E-state index in [2.05, 4.69) is 36.4 Å². The molecule has 0 aromatic heterocycles. The van der Waals surface area contributed by atoms with Crippen LogP contribution < -0.4 is 14.8 Å². The molecule has 4 heteroatoms. The van der Waals surface area contributed by atoms with Crippen molar-refractivity contribution < 1.29 is 9.47 Å². The van der Waals surface area contributed by atoms with Gasteiger partial charge in [-0.15, -0.1) is 0 Å². The Hall–Kier alpha value is -1.26. The van der Waals surface area contributed by atoms with Crippen molar-refractivity contribution in [1.82, 2.24) is 10.2 Å². The number of nitrogens with zero attached hydrogens (tertiary/aromatic N) is 1. The van der Waals surface area contributed by atoms with Crippen LogP contribution >= 0.6 is 0 Å². The topological polar surface area (TPSA) is 33.7 Å². The second kappa shape index (κ2) is 5.80. The highest BCUT2D eigenvalue weighted by atomic mass is 16.5. The van der Waals surface area contributed by atoms with Crippen LogP contribution in [0.15, 0.2) is 18.2 Å². The van der Waals surface area contributed by atoms with E-state index in [1.807, 2.05) is 6.07 Å². The number of hydrogen-bond acceptors (Lipinski definition) is 4. The fraction of sp³-hybridized carbons (Fsp3) is 0.600. The zero-order valence-corrected chi connectivity index (χ0v) is 12.3. The summed E-state index contributed by atoms with van der Waals surface area (Å²) in [6.45, 7) is 2.04. The quantitative estimate of drug-likeness (QED) is 0.880. The first kappa shape index (κ1) is 14.2. The van der Waals surface area contributed by atoms with Crippen molar-refractivity contribution in [1.29, 1.82) is 0 Å². The third-order valence-electron chi connectivity index (χ3n) is 3.73. The van der Waals surface area contributed by atoms with Crippen LogP contribution in [0.2, 0.25) is 0 Å². The number of benzene rings is 1. The summed E-state index contributed by atoms with van der Waals surface area (Å²) in [6.07, 6.45) is 2.34. The fourth-order valence-electron chi connectivity index (χ4n) is 2.90. The molecule has 0 amide bonds. The van der Waals surface area contributed by atoms with Crippen LogP contribution in [0.4, 0.5) is 0 Å². The van der Waals surface area contributed by atoms with Crippen LogP contribution in [-0.4, -0.2) is 46.3 Å². The van der Waals surface area contributed by atoms with Crippen LogP contribution in [0.5, 0.6) is 11.5 Å². The number of likely N-dealkylation sites (N-methyl/N-ethyl adjacent to an activating group) is 1. The van der Waals surface area contributed by atoms with Gasteiger partial charge >= 0.3 is 0 Å². The SMILES string of the molecule is COc1cc(OC)cc(C2(CN(C)C)CCCN2)c1. The molecule has 2 rings (SSSR count). The van der Waals surface area contributed by atoms with E-state index in [1.54, 1.807) is 14.2 Å². The zero-order valence-electron chi connectivity index (χ0n) is 12.3. The number of nitrogens with one attached hydrogen (secondary N) is 1. The molecule has 1 aromatic carbocycles. The molecule has 0 aliphatic carbocycles. The van der Waals surface area contributed by atoms with E-state index in [0.29, 0.717) is 0 Å². The Bertz CT molecular complexity index is 404. The van der Waals surface area contributed by atoms with Crippen LogP contribution in [-0.2, 0) is 5.54 Å². The molecule has 19 heavy (non-hydrogen) atoms. The van der Waals surface area contributed by atoms with Crippen molar-refractivity contribution in [3.63, 3.8) is 0 Å². The van der Waals surface area contributed by atoms with Crippen LogP contribution in [0.25, 0.3) is 0 Å². The maximum atomic E-state index is 5.39. The van der Waals surface area contributed by atoms with E-state index in [0.717, 1.165) is 31.0 Å². The molecule has 4 nitrogen and oxygen atoms in total. The molecule has 106 valence electrons. The van der Waals surface area contributed by atoms with Gasteiger partial charge in [0.1, 0.15) is 11.5 Å². The Labute approximate surface area is 115 Å². The first-order valence-electron chi connectivity index (χ1n) is 6.73. The molecule has 1 unspecified atom stereocenters. The van der Waals surface area contributed by atoms with Gasteiger partial charge in [-0.05, 0) is 51.2 Å². The first-order valence-corrected chi connectivity index (χ1v) is 6.73. The van der Waals surface area contributed by atoms with Gasteiger partial charge in [-0.1, -0.05) is 0 Å². The smallest absolute Gasteiger partial charge is 0.122 e. The molecule has 1 N–H and O–H groups in total. The molecular formula is C15H24N2O2. The second-order valence-electron chi connectivity index (χ2n) is 5.45. The molecule has 0 spiro atoms. The normalized spacial score (nSPS) is 22.8. The molecule has 1 aromatic rings. The Morgan fingerprint density at radius 1 is 1.16 bits per heavy atom. The van der Waals surface area contributed by atoms with Crippen molar-refractivity contribution in [2.75, 3.05) is 41.4 Å². The first-order chi connectivity index (χ1) is 9.09. The minimum atomic E-state index is 0.00528. The number of hydrogen-bond donors (Lipinski definition) is 1. The van der Waals surface area contributed by atoms with E-state index in [4.69, 9.17) is 9.47 Å². The number of methoxy groups -OCH3 is 2. The van der Waals surface area contributed by atoms with Gasteiger partial charge < -0.3 is 19.7 Å². The van der Waals surface area contributed by atoms with E-state index >= 15 is 0 Å². The summed E-state index contributed by atoms with van der Waals surface area (Å²) in [4.78, 5) is 2.23. The average Bonchev–Trinajstić information content (AvgIpc) is 2.87. The number of rotatable bonds is 5. The summed E-state index contributed by atoms with van der Waals surface area (Å²) < 4.78 is 10.8. The van der Waals surface area contributed by atoms with Crippen molar-refractivity contribution in [3.8, 4) is 11.5 Å². The van der Waals surface area contributed by atoms with E-state index in [9.17, 15) is 0 Å². The molecule has 0 bridgehead atoms. The Morgan fingerprint density at radius 3 is 2.21 bits per heavy atom. The fourth-order valence-corrected chi connectivity index (χ4v) is 2.90. The lowest BCUT2D eigenvalue weighted by atomic mass is 9.87. The average molecular weight is 264 g/mol. The van der Waals surface area contributed by atoms with Crippen molar-refractivity contribution in [2.24, 2.45) is 0 Å². The maximum absolute atomic E-state index is 5.39. The van der Waals surface area contributed by atoms with Gasteiger partial charge in [-0.3, -0.25) is 0 Å². The molecule has 1 heterocycles. The zero-order chi connectivity index (χ0) is 13.9. The predicted molar refractivity (Wildman–Crippen MR) is 77.0 cm³/mol. The van der Waals surface area contributed by atoms with E-state index < -0.39 is 0 Å². The monoisotopic (exact) mass is 264 g/mol. The maximum Gasteiger partial charge on any atom is 0.122 e. The van der Waals surface area contributed by atoms with Gasteiger partial charge in [0.05, 0.1) is 19.8 Å². The largest absolute Gasteiger partial charge is 0.497 e. The predicted octanol–water partition coefficient (Wildman–Crippen LogP) is 1.84. The van der Waals surface area contributed by atoms with Gasteiger partial charge in [0.15, 0.2) is 0 Å². The van der Waals surface area contributed by atoms with E-state index in [-0.39, 0.29) is 5.54 Å². The molecule has 1 saturated heterocycles. The molecule has 1 fully saturated rings. The minimum absolute atomic E-state index is 0.00528. The Morgan fingerprint density at radius 2 is 1.79 bits per heavy atom. The molecular weight excluding hydrogens is 240 g/mol. The highest BCUT2D eigenvalue weighted by Crippen LogP contribution is 2.36. The Balaban J connectivity index is 2.41. The summed E-state index contributed by atoms with van der Waals surface area (Å²) >= 11 is 0. The minimum Gasteiger partial charge on any atom is -0.497 e. The molecule has 1 aliphatic rings. The summed E-state index contributed by atoms with van der Waals surface area (Å²) in [7, 11) is 7.61. The summed E-state index contributed by atoms with van der Waals surface area (Å²) in [5.74, 6) is 1.70. The van der Waals surface area contributed by atoms with Crippen molar-refractivity contribution in [3.05, 3.63) is 23.8 Å². The summed E-state index contributed by atoms with van der Waals surface area (Å²) in [6, 6.07) is 6.15. The van der Waals surface area contributed by atoms with Crippen LogP contribution in [0.1, 0.15) is 18.4 Å². The third kappa shape index (κ3) is 3.01. The summed E-state index contributed by atoms with van der Waals surface area (Å²) in [5.41, 5.74) is 1.25. The molecule has 0 saturated carbocycles. The van der Waals surface area contributed by atoms with Crippen LogP contribution in [0.3, 0.4) is 0 Å². The molecule has 1 aliphatic heterocycles. The highest BCUT2D eigenvalue weighted by molar-refractivity contribution is 5.42. The second-order valence-corrected chi connectivity index (χ2v) is 5.45. The lowest BCUT2D eigenvalue weighted by Crippen LogP contribution is -2.45. The van der Waals surface area contributed by atoms with Gasteiger partial charge in [-0.25, -0.2) is 0 Å². The van der Waals surface area contributed by atoms with Crippen molar-refractivity contribution >= 4 is 0 Å². The van der Waals surface area contributed by atoms with Crippen LogP contribution in [0, 0.1) is 0 Å². The molecule has 1 atom stereocenters. The molecule has 0 radical (unpaired) electrons. The number of ether oxygens (including phenoxy) is 2. The third-order valence-corrected chi connectivity index (χ3v) is 3.73. The van der Waals surface area contributed by atoms with Gasteiger partial charge in [0.25, 0.3) is 0 Å². The van der Waals surface area contributed by atoms with Gasteiger partial charge in [0.2, 0.25) is 0 Å². The standard InChI is InChI=1S/C15H24N2O2/c1-17(2)11-15(6-5-7-16-15)12-8-13(18-3)10-14(9-12)19-4/h8-10,16H,5-7,11H2,1-4H3. The van der Waals surface area contributed by atoms with Gasteiger partial charge in [0, 0.05) is 12.6 Å². The van der Waals surface area contributed by atoms with Gasteiger partial charge in [-0.2, -0.15) is 0 Å². The van der Waals surface area contributed by atoms with Crippen molar-refractivity contribution in [2.45, 2.75) is 18.4 Å². The lowest BCUT2D eigenvalue weighted by Gasteiger charge is -2.33. The lowest BCUT2D eigenvalue weighted by molar-refractivity contribution is 0.258. The Kier molecular flexibility index (Phi) is 4.32. The van der Waals surface area contributed by atoms with E-state index in [1.165, 1.54) is 12.0 Å². The summed E-state index contributed by atoms with van der Waals surface area (Å²) in [5, 5.41) is 3.67.